The maximum absolute atomic E-state index is 12.6. The first-order valence-corrected chi connectivity index (χ1v) is 6.88. The average molecular weight is 261 g/mol. The summed E-state index contributed by atoms with van der Waals surface area (Å²) >= 11 is 0. The smallest absolute Gasteiger partial charge is 0.167 e. The van der Waals surface area contributed by atoms with Crippen LogP contribution in [0.15, 0.2) is 18.3 Å². The fraction of sp³-hybridized carbons (Fsp3) is 0.600. The van der Waals surface area contributed by atoms with Gasteiger partial charge in [-0.25, -0.2) is 0 Å². The number of ether oxygens (including phenoxy) is 2. The predicted molar refractivity (Wildman–Crippen MR) is 70.1 cm³/mol. The average Bonchev–Trinajstić information content (AvgIpc) is 2.86. The van der Waals surface area contributed by atoms with Crippen LogP contribution in [0.5, 0.6) is 0 Å². The van der Waals surface area contributed by atoms with Crippen molar-refractivity contribution in [2.45, 2.75) is 31.8 Å². The van der Waals surface area contributed by atoms with Gasteiger partial charge < -0.3 is 9.47 Å². The van der Waals surface area contributed by atoms with Gasteiger partial charge in [0.25, 0.3) is 0 Å². The molecular weight excluding hydrogens is 242 g/mol. The molecule has 1 aromatic rings. The number of hydrogen-bond acceptors (Lipinski definition) is 4. The SMILES string of the molecule is Cc1ncccc1C(=O)C1CCOC2(CCOC2)C1. The number of carbonyl (C=O) groups excluding carboxylic acids is 1. The van der Waals surface area contributed by atoms with Crippen molar-refractivity contribution in [3.05, 3.63) is 29.6 Å². The third-order valence-electron chi connectivity index (χ3n) is 4.20. The molecule has 0 aliphatic carbocycles. The van der Waals surface area contributed by atoms with E-state index in [0.29, 0.717) is 13.2 Å². The zero-order chi connectivity index (χ0) is 13.3. The fourth-order valence-corrected chi connectivity index (χ4v) is 3.08. The molecule has 3 heterocycles. The van der Waals surface area contributed by atoms with Crippen LogP contribution >= 0.6 is 0 Å². The first kappa shape index (κ1) is 12.8. The van der Waals surface area contributed by atoms with Crippen LogP contribution in [0, 0.1) is 12.8 Å². The van der Waals surface area contributed by atoms with E-state index in [2.05, 4.69) is 4.98 Å². The lowest BCUT2D eigenvalue weighted by molar-refractivity contribution is -0.0920. The summed E-state index contributed by atoms with van der Waals surface area (Å²) in [6, 6.07) is 3.70. The summed E-state index contributed by atoms with van der Waals surface area (Å²) in [6.07, 6.45) is 4.21. The molecule has 2 atom stereocenters. The van der Waals surface area contributed by atoms with Crippen LogP contribution in [0.2, 0.25) is 0 Å². The molecule has 2 fully saturated rings. The molecular formula is C15H19NO3. The zero-order valence-electron chi connectivity index (χ0n) is 11.2. The number of hydrogen-bond donors (Lipinski definition) is 0. The monoisotopic (exact) mass is 261 g/mol. The van der Waals surface area contributed by atoms with Crippen LogP contribution in [0.1, 0.15) is 35.3 Å². The molecule has 4 heteroatoms. The van der Waals surface area contributed by atoms with E-state index >= 15 is 0 Å². The van der Waals surface area contributed by atoms with Gasteiger partial charge in [0, 0.05) is 43.0 Å². The van der Waals surface area contributed by atoms with E-state index in [1.165, 1.54) is 0 Å². The molecule has 1 spiro atoms. The summed E-state index contributed by atoms with van der Waals surface area (Å²) in [6.45, 7) is 3.91. The number of nitrogens with zero attached hydrogens (tertiary/aromatic N) is 1. The highest BCUT2D eigenvalue weighted by atomic mass is 16.6. The predicted octanol–water partition coefficient (Wildman–Crippen LogP) is 2.16. The van der Waals surface area contributed by atoms with Gasteiger partial charge in [-0.3, -0.25) is 9.78 Å². The zero-order valence-corrected chi connectivity index (χ0v) is 11.2. The molecule has 19 heavy (non-hydrogen) atoms. The molecule has 0 amide bonds. The number of aromatic nitrogens is 1. The lowest BCUT2D eigenvalue weighted by Gasteiger charge is -2.36. The Bertz CT molecular complexity index is 480. The second-order valence-corrected chi connectivity index (χ2v) is 5.52. The maximum Gasteiger partial charge on any atom is 0.167 e. The lowest BCUT2D eigenvalue weighted by Crippen LogP contribution is -2.42. The Morgan fingerprint density at radius 3 is 3.11 bits per heavy atom. The number of carbonyl (C=O) groups is 1. The topological polar surface area (TPSA) is 48.4 Å². The second kappa shape index (κ2) is 5.02. The van der Waals surface area contributed by atoms with Crippen molar-refractivity contribution in [3.8, 4) is 0 Å². The van der Waals surface area contributed by atoms with Crippen LogP contribution in [0.25, 0.3) is 0 Å². The van der Waals surface area contributed by atoms with Gasteiger partial charge in [0.1, 0.15) is 0 Å². The van der Waals surface area contributed by atoms with Gasteiger partial charge in [-0.05, 0) is 31.9 Å². The second-order valence-electron chi connectivity index (χ2n) is 5.52. The van der Waals surface area contributed by atoms with E-state index in [4.69, 9.17) is 9.47 Å². The molecule has 0 saturated carbocycles. The van der Waals surface area contributed by atoms with Crippen molar-refractivity contribution in [1.82, 2.24) is 4.98 Å². The molecule has 4 nitrogen and oxygen atoms in total. The Morgan fingerprint density at radius 2 is 2.37 bits per heavy atom. The minimum atomic E-state index is -0.214. The van der Waals surface area contributed by atoms with Gasteiger partial charge in [0.05, 0.1) is 12.2 Å². The third kappa shape index (κ3) is 2.42. The quantitative estimate of drug-likeness (QED) is 0.765. The van der Waals surface area contributed by atoms with Crippen molar-refractivity contribution in [3.63, 3.8) is 0 Å². The Balaban J connectivity index is 1.78. The number of Topliss-reactive ketones (excluding diaryl/α,β-unsaturated/α-hetero) is 1. The molecule has 2 aliphatic heterocycles. The standard InChI is InChI=1S/C15H19NO3/c1-11-13(3-2-6-16-11)14(17)12-4-7-19-15(9-12)5-8-18-10-15/h2-3,6,12H,4-5,7-10H2,1H3. The van der Waals surface area contributed by atoms with E-state index in [1.54, 1.807) is 6.20 Å². The van der Waals surface area contributed by atoms with Crippen LogP contribution in [0.4, 0.5) is 0 Å². The van der Waals surface area contributed by atoms with Crippen molar-refractivity contribution in [2.24, 2.45) is 5.92 Å². The van der Waals surface area contributed by atoms with E-state index < -0.39 is 0 Å². The lowest BCUT2D eigenvalue weighted by atomic mass is 9.81. The Kier molecular flexibility index (Phi) is 3.37. The molecule has 2 aliphatic rings. The molecule has 2 saturated heterocycles. The highest BCUT2D eigenvalue weighted by Crippen LogP contribution is 2.37. The highest BCUT2D eigenvalue weighted by Gasteiger charge is 2.43. The van der Waals surface area contributed by atoms with Gasteiger partial charge in [-0.15, -0.1) is 0 Å². The van der Waals surface area contributed by atoms with Gasteiger partial charge in [-0.2, -0.15) is 0 Å². The molecule has 0 bridgehead atoms. The van der Waals surface area contributed by atoms with Crippen LogP contribution in [0.3, 0.4) is 0 Å². The van der Waals surface area contributed by atoms with Gasteiger partial charge >= 0.3 is 0 Å². The summed E-state index contributed by atoms with van der Waals surface area (Å²) in [4.78, 5) is 16.8. The molecule has 1 aromatic heterocycles. The Morgan fingerprint density at radius 1 is 1.47 bits per heavy atom. The Hall–Kier alpha value is -1.26. The number of ketones is 1. The van der Waals surface area contributed by atoms with Crippen molar-refractivity contribution in [2.75, 3.05) is 19.8 Å². The van der Waals surface area contributed by atoms with Crippen molar-refractivity contribution < 1.29 is 14.3 Å². The van der Waals surface area contributed by atoms with Crippen LogP contribution in [-0.2, 0) is 9.47 Å². The summed E-state index contributed by atoms with van der Waals surface area (Å²) in [5.41, 5.74) is 1.36. The molecule has 102 valence electrons. The van der Waals surface area contributed by atoms with Gasteiger partial charge in [0.2, 0.25) is 0 Å². The largest absolute Gasteiger partial charge is 0.378 e. The molecule has 2 unspecified atom stereocenters. The molecule has 0 radical (unpaired) electrons. The fourth-order valence-electron chi connectivity index (χ4n) is 3.08. The number of aryl methyl sites for hydroxylation is 1. The summed E-state index contributed by atoms with van der Waals surface area (Å²) in [7, 11) is 0. The Labute approximate surface area is 113 Å². The van der Waals surface area contributed by atoms with E-state index in [0.717, 1.165) is 37.1 Å². The van der Waals surface area contributed by atoms with Crippen molar-refractivity contribution >= 4 is 5.78 Å². The summed E-state index contributed by atoms with van der Waals surface area (Å²) < 4.78 is 11.3. The van der Waals surface area contributed by atoms with Crippen molar-refractivity contribution in [1.29, 1.82) is 0 Å². The first-order valence-electron chi connectivity index (χ1n) is 6.88. The molecule has 3 rings (SSSR count). The van der Waals surface area contributed by atoms with E-state index in [-0.39, 0.29) is 17.3 Å². The summed E-state index contributed by atoms with van der Waals surface area (Å²) in [5, 5.41) is 0. The molecule has 0 aromatic carbocycles. The molecule has 0 N–H and O–H groups in total. The third-order valence-corrected chi connectivity index (χ3v) is 4.20. The maximum atomic E-state index is 12.6. The van der Waals surface area contributed by atoms with E-state index in [9.17, 15) is 4.79 Å². The highest BCUT2D eigenvalue weighted by molar-refractivity contribution is 5.98. The normalized spacial score (nSPS) is 30.7. The summed E-state index contributed by atoms with van der Waals surface area (Å²) in [5.74, 6) is 0.249. The van der Waals surface area contributed by atoms with Gasteiger partial charge in [0.15, 0.2) is 5.78 Å². The minimum absolute atomic E-state index is 0.0401. The minimum Gasteiger partial charge on any atom is -0.378 e. The number of pyridine rings is 1. The first-order chi connectivity index (χ1) is 9.20. The van der Waals surface area contributed by atoms with Gasteiger partial charge in [-0.1, -0.05) is 0 Å². The number of rotatable bonds is 2. The van der Waals surface area contributed by atoms with Crippen LogP contribution in [-0.4, -0.2) is 36.2 Å². The van der Waals surface area contributed by atoms with Crippen LogP contribution < -0.4 is 0 Å². The van der Waals surface area contributed by atoms with E-state index in [1.807, 2.05) is 19.1 Å².